The standard InChI is InChI=1S/C24H25FN4O2/c1-16-12-19(6-8-26-16)23-21-14-28(22-13-17(15-30)7-11-31-22)9-10-29(21)27-24(23)18-2-4-20(25)5-3-18/h2-6,8,12,15,17,22H,7,9-11,13-14H2,1H3. The van der Waals surface area contributed by atoms with E-state index in [1.807, 2.05) is 19.2 Å². The van der Waals surface area contributed by atoms with Crippen LogP contribution >= 0.6 is 0 Å². The summed E-state index contributed by atoms with van der Waals surface area (Å²) in [5, 5.41) is 4.92. The van der Waals surface area contributed by atoms with Crippen LogP contribution in [-0.2, 0) is 22.6 Å². The van der Waals surface area contributed by atoms with Gasteiger partial charge in [0.05, 0.1) is 12.2 Å². The zero-order chi connectivity index (χ0) is 21.4. The number of pyridine rings is 1. The zero-order valence-electron chi connectivity index (χ0n) is 17.5. The first kappa shape index (κ1) is 20.0. The molecule has 7 heteroatoms. The van der Waals surface area contributed by atoms with E-state index in [4.69, 9.17) is 9.84 Å². The maximum atomic E-state index is 13.5. The smallest absolute Gasteiger partial charge is 0.123 e. The Hall–Kier alpha value is -2.90. The highest BCUT2D eigenvalue weighted by Crippen LogP contribution is 2.37. The molecule has 3 aromatic rings. The van der Waals surface area contributed by atoms with Crippen LogP contribution in [0.3, 0.4) is 0 Å². The minimum atomic E-state index is -0.264. The van der Waals surface area contributed by atoms with Gasteiger partial charge in [0.15, 0.2) is 0 Å². The molecular formula is C24H25FN4O2. The molecule has 2 atom stereocenters. The number of aryl methyl sites for hydroxylation is 1. The van der Waals surface area contributed by atoms with Gasteiger partial charge in [-0.25, -0.2) is 4.39 Å². The van der Waals surface area contributed by atoms with E-state index >= 15 is 0 Å². The number of benzene rings is 1. The van der Waals surface area contributed by atoms with Gasteiger partial charge in [0.1, 0.15) is 24.0 Å². The van der Waals surface area contributed by atoms with Crippen molar-refractivity contribution >= 4 is 6.29 Å². The highest BCUT2D eigenvalue weighted by Gasteiger charge is 2.32. The third kappa shape index (κ3) is 3.91. The molecular weight excluding hydrogens is 395 g/mol. The third-order valence-corrected chi connectivity index (χ3v) is 6.22. The summed E-state index contributed by atoms with van der Waals surface area (Å²) in [6.45, 7) is 4.81. The van der Waals surface area contributed by atoms with Gasteiger partial charge in [0.2, 0.25) is 0 Å². The van der Waals surface area contributed by atoms with Crippen LogP contribution in [0.1, 0.15) is 24.2 Å². The van der Waals surface area contributed by atoms with Gasteiger partial charge in [0.25, 0.3) is 0 Å². The summed E-state index contributed by atoms with van der Waals surface area (Å²) in [5.41, 5.74) is 5.86. The second-order valence-corrected chi connectivity index (χ2v) is 8.30. The first-order valence-electron chi connectivity index (χ1n) is 10.7. The van der Waals surface area contributed by atoms with E-state index in [1.54, 1.807) is 12.1 Å². The molecule has 6 nitrogen and oxygen atoms in total. The number of ether oxygens (including phenoxy) is 1. The van der Waals surface area contributed by atoms with Gasteiger partial charge in [-0.3, -0.25) is 14.6 Å². The Bertz CT molecular complexity index is 1100. The van der Waals surface area contributed by atoms with Crippen molar-refractivity contribution in [1.29, 1.82) is 0 Å². The van der Waals surface area contributed by atoms with Crippen molar-refractivity contribution in [1.82, 2.24) is 19.7 Å². The van der Waals surface area contributed by atoms with Crippen LogP contribution in [0, 0.1) is 18.7 Å². The highest BCUT2D eigenvalue weighted by atomic mass is 19.1. The largest absolute Gasteiger partial charge is 0.363 e. The molecule has 2 unspecified atom stereocenters. The fraction of sp³-hybridized carbons (Fsp3) is 0.375. The van der Waals surface area contributed by atoms with E-state index in [1.165, 1.54) is 12.1 Å². The zero-order valence-corrected chi connectivity index (χ0v) is 17.5. The summed E-state index contributed by atoms with van der Waals surface area (Å²) >= 11 is 0. The maximum Gasteiger partial charge on any atom is 0.123 e. The molecule has 0 radical (unpaired) electrons. The van der Waals surface area contributed by atoms with E-state index in [2.05, 4.69) is 20.6 Å². The summed E-state index contributed by atoms with van der Waals surface area (Å²) in [7, 11) is 0. The summed E-state index contributed by atoms with van der Waals surface area (Å²) < 4.78 is 21.6. The summed E-state index contributed by atoms with van der Waals surface area (Å²) in [5.74, 6) is -0.206. The lowest BCUT2D eigenvalue weighted by atomic mass is 9.97. The average molecular weight is 420 g/mol. The van der Waals surface area contributed by atoms with E-state index in [9.17, 15) is 9.18 Å². The van der Waals surface area contributed by atoms with E-state index in [0.717, 1.165) is 66.0 Å². The highest BCUT2D eigenvalue weighted by molar-refractivity contribution is 5.83. The number of hydrogen-bond donors (Lipinski definition) is 0. The van der Waals surface area contributed by atoms with Crippen molar-refractivity contribution in [2.24, 2.45) is 5.92 Å². The number of halogens is 1. The molecule has 160 valence electrons. The molecule has 0 N–H and O–H groups in total. The predicted molar refractivity (Wildman–Crippen MR) is 115 cm³/mol. The summed E-state index contributed by atoms with van der Waals surface area (Å²) in [4.78, 5) is 18.0. The normalized spacial score (nSPS) is 21.6. The molecule has 2 aliphatic rings. The lowest BCUT2D eigenvalue weighted by molar-refractivity contribution is -0.130. The molecule has 31 heavy (non-hydrogen) atoms. The second kappa shape index (κ2) is 8.32. The summed E-state index contributed by atoms with van der Waals surface area (Å²) in [6.07, 6.45) is 4.33. The predicted octanol–water partition coefficient (Wildman–Crippen LogP) is 3.83. The number of rotatable bonds is 4. The molecule has 1 aromatic carbocycles. The lowest BCUT2D eigenvalue weighted by Crippen LogP contribution is -2.45. The molecule has 0 aliphatic carbocycles. The molecule has 1 saturated heterocycles. The molecule has 0 spiro atoms. The molecule has 4 heterocycles. The van der Waals surface area contributed by atoms with Crippen molar-refractivity contribution in [3.05, 3.63) is 59.8 Å². The Morgan fingerprint density at radius 2 is 2.00 bits per heavy atom. The molecule has 2 aliphatic heterocycles. The fourth-order valence-corrected chi connectivity index (χ4v) is 4.58. The van der Waals surface area contributed by atoms with Crippen molar-refractivity contribution in [2.75, 3.05) is 13.2 Å². The molecule has 0 saturated carbocycles. The molecule has 0 amide bonds. The van der Waals surface area contributed by atoms with Crippen molar-refractivity contribution < 1.29 is 13.9 Å². The van der Waals surface area contributed by atoms with Crippen LogP contribution in [0.15, 0.2) is 42.6 Å². The van der Waals surface area contributed by atoms with Crippen LogP contribution in [0.4, 0.5) is 4.39 Å². The van der Waals surface area contributed by atoms with Gasteiger partial charge in [-0.2, -0.15) is 5.10 Å². The SMILES string of the molecule is Cc1cc(-c2c(-c3ccc(F)cc3)nn3c2CN(C2CC(C=O)CCO2)CC3)ccn1. The molecule has 1 fully saturated rings. The molecule has 0 bridgehead atoms. The van der Waals surface area contributed by atoms with Gasteiger partial charge in [-0.1, -0.05) is 0 Å². The quantitative estimate of drug-likeness (QED) is 0.601. The maximum absolute atomic E-state index is 13.5. The number of aldehydes is 1. The monoisotopic (exact) mass is 420 g/mol. The number of fused-ring (bicyclic) bond motifs is 1. The topological polar surface area (TPSA) is 60.2 Å². The van der Waals surface area contributed by atoms with Crippen LogP contribution in [0.2, 0.25) is 0 Å². The van der Waals surface area contributed by atoms with Gasteiger partial charge >= 0.3 is 0 Å². The van der Waals surface area contributed by atoms with Crippen LogP contribution in [0.5, 0.6) is 0 Å². The van der Waals surface area contributed by atoms with Crippen molar-refractivity contribution in [2.45, 2.75) is 39.1 Å². The van der Waals surface area contributed by atoms with E-state index in [-0.39, 0.29) is 18.0 Å². The minimum absolute atomic E-state index is 0.0580. The summed E-state index contributed by atoms with van der Waals surface area (Å²) in [6, 6.07) is 10.5. The Kier molecular flexibility index (Phi) is 5.38. The van der Waals surface area contributed by atoms with Crippen molar-refractivity contribution in [3.8, 4) is 22.4 Å². The van der Waals surface area contributed by atoms with Crippen molar-refractivity contribution in [3.63, 3.8) is 0 Å². The van der Waals surface area contributed by atoms with E-state index < -0.39 is 0 Å². The molecule has 2 aromatic heterocycles. The van der Waals surface area contributed by atoms with Crippen LogP contribution in [-0.4, -0.2) is 45.3 Å². The van der Waals surface area contributed by atoms with Crippen LogP contribution < -0.4 is 0 Å². The number of carbonyl (C=O) groups is 1. The second-order valence-electron chi connectivity index (χ2n) is 8.30. The average Bonchev–Trinajstić information content (AvgIpc) is 3.18. The van der Waals surface area contributed by atoms with Gasteiger partial charge in [-0.15, -0.1) is 0 Å². The number of hydrogen-bond acceptors (Lipinski definition) is 5. The molecule has 5 rings (SSSR count). The number of nitrogens with zero attached hydrogens (tertiary/aromatic N) is 4. The lowest BCUT2D eigenvalue weighted by Gasteiger charge is -2.38. The Morgan fingerprint density at radius 1 is 1.16 bits per heavy atom. The van der Waals surface area contributed by atoms with Crippen LogP contribution in [0.25, 0.3) is 22.4 Å². The Morgan fingerprint density at radius 3 is 2.77 bits per heavy atom. The van der Waals surface area contributed by atoms with Gasteiger partial charge < -0.3 is 9.53 Å². The third-order valence-electron chi connectivity index (χ3n) is 6.22. The Balaban J connectivity index is 1.56. The van der Waals surface area contributed by atoms with E-state index in [0.29, 0.717) is 13.2 Å². The first-order chi connectivity index (χ1) is 15.1. The van der Waals surface area contributed by atoms with Gasteiger partial charge in [-0.05, 0) is 61.7 Å². The number of carbonyl (C=O) groups excluding carboxylic acids is 1. The fourth-order valence-electron chi connectivity index (χ4n) is 4.58. The number of aromatic nitrogens is 3. The van der Waals surface area contributed by atoms with Gasteiger partial charge in [0, 0.05) is 48.6 Å². The first-order valence-corrected chi connectivity index (χ1v) is 10.7. The minimum Gasteiger partial charge on any atom is -0.363 e. The Labute approximate surface area is 180 Å².